The summed E-state index contributed by atoms with van der Waals surface area (Å²) in [4.78, 5) is 21.8. The monoisotopic (exact) mass is 560 g/mol. The molecule has 0 bridgehead atoms. The third-order valence-electron chi connectivity index (χ3n) is 7.60. The maximum absolute atomic E-state index is 13.2. The van der Waals surface area contributed by atoms with Crippen molar-refractivity contribution < 1.29 is 14.3 Å². The number of hydrogen-bond donors (Lipinski definition) is 2. The van der Waals surface area contributed by atoms with E-state index < -0.39 is 0 Å². The van der Waals surface area contributed by atoms with Crippen LogP contribution in [0, 0.1) is 0 Å². The van der Waals surface area contributed by atoms with Crippen molar-refractivity contribution in [3.8, 4) is 10.4 Å². The summed E-state index contributed by atoms with van der Waals surface area (Å²) in [5, 5.41) is 8.37. The van der Waals surface area contributed by atoms with Gasteiger partial charge in [-0.05, 0) is 59.7 Å². The lowest BCUT2D eigenvalue weighted by molar-refractivity contribution is 0.0336. The van der Waals surface area contributed by atoms with Crippen LogP contribution in [0.2, 0.25) is 0 Å². The molecule has 3 N–H and O–H groups in total. The van der Waals surface area contributed by atoms with E-state index in [1.54, 1.807) is 22.7 Å². The van der Waals surface area contributed by atoms with Gasteiger partial charge in [-0.25, -0.2) is 4.98 Å². The summed E-state index contributed by atoms with van der Waals surface area (Å²) in [7, 11) is 0. The number of thiophene rings is 1. The summed E-state index contributed by atoms with van der Waals surface area (Å²) < 4.78 is 11.2. The van der Waals surface area contributed by atoms with Crippen molar-refractivity contribution in [2.45, 2.75) is 24.8 Å². The Labute approximate surface area is 236 Å². The lowest BCUT2D eigenvalue weighted by Gasteiger charge is -2.36. The quantitative estimate of drug-likeness (QED) is 0.285. The average Bonchev–Trinajstić information content (AvgIpc) is 3.69. The van der Waals surface area contributed by atoms with Crippen LogP contribution in [0.1, 0.15) is 39.5 Å². The van der Waals surface area contributed by atoms with E-state index in [0.717, 1.165) is 66.8 Å². The summed E-state index contributed by atoms with van der Waals surface area (Å²) in [6.07, 6.45) is 1.74. The molecule has 0 radical (unpaired) electrons. The molecule has 7 nitrogen and oxygen atoms in total. The first-order chi connectivity index (χ1) is 19.1. The smallest absolute Gasteiger partial charge is 0.255 e. The molecule has 2 aromatic carbocycles. The third-order valence-corrected chi connectivity index (χ3v) is 9.62. The second-order valence-corrected chi connectivity index (χ2v) is 11.8. The fraction of sp³-hybridized carbons (Fsp3) is 0.333. The minimum Gasteiger partial charge on any atom is -0.397 e. The van der Waals surface area contributed by atoms with Crippen LogP contribution in [0.3, 0.4) is 0 Å². The number of carbonyl (C=O) groups excluding carboxylic acids is 1. The first kappa shape index (κ1) is 26.2. The second kappa shape index (κ2) is 11.6. The van der Waals surface area contributed by atoms with E-state index in [4.69, 9.17) is 20.2 Å². The molecule has 2 aliphatic rings. The SMILES string of the molecule is Nc1ccc(-c2cccs2)cc1NC(=O)c1ccc(C2(c3nc(CN4CCOCC4)cs3)CCOCC2)cc1. The van der Waals surface area contributed by atoms with Crippen molar-refractivity contribution in [3.05, 3.63) is 87.2 Å². The number of nitrogen functional groups attached to an aromatic ring is 1. The Morgan fingerprint density at radius 3 is 2.51 bits per heavy atom. The number of anilines is 2. The minimum atomic E-state index is -0.208. The number of ether oxygens (including phenoxy) is 2. The predicted molar refractivity (Wildman–Crippen MR) is 158 cm³/mol. The van der Waals surface area contributed by atoms with Gasteiger partial charge in [-0.15, -0.1) is 22.7 Å². The Balaban J connectivity index is 1.21. The number of thiazole rings is 1. The van der Waals surface area contributed by atoms with Gasteiger partial charge in [0.1, 0.15) is 5.01 Å². The number of benzene rings is 2. The first-order valence-electron chi connectivity index (χ1n) is 13.3. The second-order valence-electron chi connectivity index (χ2n) is 10.0. The van der Waals surface area contributed by atoms with Gasteiger partial charge >= 0.3 is 0 Å². The fourth-order valence-electron chi connectivity index (χ4n) is 5.33. The normalized spacial score (nSPS) is 17.6. The van der Waals surface area contributed by atoms with Crippen LogP contribution in [0.15, 0.2) is 65.4 Å². The van der Waals surface area contributed by atoms with Gasteiger partial charge in [0.2, 0.25) is 0 Å². The Bertz CT molecular complexity index is 1410. The summed E-state index contributed by atoms with van der Waals surface area (Å²) >= 11 is 3.39. The summed E-state index contributed by atoms with van der Waals surface area (Å²) in [5.74, 6) is -0.181. The zero-order valence-electron chi connectivity index (χ0n) is 21.7. The van der Waals surface area contributed by atoms with Gasteiger partial charge in [0.05, 0.1) is 35.7 Å². The molecule has 0 atom stereocenters. The number of carbonyl (C=O) groups is 1. The zero-order valence-corrected chi connectivity index (χ0v) is 23.4. The van der Waals surface area contributed by atoms with Gasteiger partial charge in [0.25, 0.3) is 5.91 Å². The molecule has 1 amide bonds. The van der Waals surface area contributed by atoms with Crippen molar-refractivity contribution in [2.24, 2.45) is 0 Å². The molecule has 4 heterocycles. The molecule has 202 valence electrons. The highest BCUT2D eigenvalue weighted by Crippen LogP contribution is 2.43. The van der Waals surface area contributed by atoms with Crippen molar-refractivity contribution in [1.29, 1.82) is 0 Å². The van der Waals surface area contributed by atoms with Crippen LogP contribution in [0.4, 0.5) is 11.4 Å². The molecule has 2 saturated heterocycles. The summed E-state index contributed by atoms with van der Waals surface area (Å²) in [6.45, 7) is 5.69. The number of nitrogens with one attached hydrogen (secondary N) is 1. The molecule has 4 aromatic rings. The van der Waals surface area contributed by atoms with Crippen molar-refractivity contribution >= 4 is 40.0 Å². The molecule has 2 fully saturated rings. The Kier molecular flexibility index (Phi) is 7.76. The van der Waals surface area contributed by atoms with E-state index >= 15 is 0 Å². The van der Waals surface area contributed by atoms with E-state index in [2.05, 4.69) is 33.8 Å². The molecule has 0 unspecified atom stereocenters. The Morgan fingerprint density at radius 1 is 1.00 bits per heavy atom. The number of rotatable bonds is 7. The lowest BCUT2D eigenvalue weighted by Crippen LogP contribution is -2.36. The molecular formula is C30H32N4O3S2. The highest BCUT2D eigenvalue weighted by atomic mass is 32.1. The van der Waals surface area contributed by atoms with E-state index in [-0.39, 0.29) is 11.3 Å². The molecule has 0 saturated carbocycles. The number of nitrogens with two attached hydrogens (primary N) is 1. The van der Waals surface area contributed by atoms with Gasteiger partial charge in [-0.2, -0.15) is 0 Å². The minimum absolute atomic E-state index is 0.181. The largest absolute Gasteiger partial charge is 0.397 e. The van der Waals surface area contributed by atoms with E-state index in [1.165, 1.54) is 5.56 Å². The highest BCUT2D eigenvalue weighted by molar-refractivity contribution is 7.13. The van der Waals surface area contributed by atoms with E-state index in [0.29, 0.717) is 30.2 Å². The lowest BCUT2D eigenvalue weighted by atomic mass is 9.74. The Morgan fingerprint density at radius 2 is 1.77 bits per heavy atom. The maximum Gasteiger partial charge on any atom is 0.255 e. The molecule has 0 aliphatic carbocycles. The van der Waals surface area contributed by atoms with Crippen molar-refractivity contribution in [3.63, 3.8) is 0 Å². The molecule has 0 spiro atoms. The van der Waals surface area contributed by atoms with Crippen LogP contribution in [-0.2, 0) is 21.4 Å². The number of morpholine rings is 1. The standard InChI is InChI=1S/C30H32N4O3S2/c31-25-8-5-22(27-2-1-17-38-27)18-26(25)33-28(35)21-3-6-23(7-4-21)30(9-13-36-14-10-30)29-32-24(20-39-29)19-34-11-15-37-16-12-34/h1-8,17-18,20H,9-16,19,31H2,(H,33,35). The van der Waals surface area contributed by atoms with Gasteiger partial charge in [0, 0.05) is 48.7 Å². The number of amides is 1. The molecular weight excluding hydrogens is 528 g/mol. The molecule has 9 heteroatoms. The van der Waals surface area contributed by atoms with Crippen molar-refractivity contribution in [1.82, 2.24) is 9.88 Å². The van der Waals surface area contributed by atoms with Crippen LogP contribution in [0.5, 0.6) is 0 Å². The van der Waals surface area contributed by atoms with E-state index in [1.807, 2.05) is 41.8 Å². The van der Waals surface area contributed by atoms with E-state index in [9.17, 15) is 4.79 Å². The van der Waals surface area contributed by atoms with Gasteiger partial charge in [-0.1, -0.05) is 24.3 Å². The number of hydrogen-bond acceptors (Lipinski definition) is 8. The average molecular weight is 561 g/mol. The van der Waals surface area contributed by atoms with Gasteiger partial charge in [-0.3, -0.25) is 9.69 Å². The number of nitrogens with zero attached hydrogens (tertiary/aromatic N) is 2. The predicted octanol–water partition coefficient (Wildman–Crippen LogP) is 5.63. The first-order valence-corrected chi connectivity index (χ1v) is 15.0. The van der Waals surface area contributed by atoms with Crippen LogP contribution in [0.25, 0.3) is 10.4 Å². The van der Waals surface area contributed by atoms with Crippen LogP contribution < -0.4 is 11.1 Å². The molecule has 2 aliphatic heterocycles. The Hall–Kier alpha value is -3.08. The maximum atomic E-state index is 13.2. The molecule has 6 rings (SSSR count). The third kappa shape index (κ3) is 5.64. The van der Waals surface area contributed by atoms with Gasteiger partial charge < -0.3 is 20.5 Å². The zero-order chi connectivity index (χ0) is 26.7. The van der Waals surface area contributed by atoms with Crippen LogP contribution in [-0.4, -0.2) is 55.3 Å². The summed E-state index contributed by atoms with van der Waals surface area (Å²) in [6, 6.07) is 17.8. The van der Waals surface area contributed by atoms with Crippen LogP contribution >= 0.6 is 22.7 Å². The van der Waals surface area contributed by atoms with Crippen molar-refractivity contribution in [2.75, 3.05) is 50.6 Å². The topological polar surface area (TPSA) is 89.7 Å². The molecule has 2 aromatic heterocycles. The molecule has 39 heavy (non-hydrogen) atoms. The summed E-state index contributed by atoms with van der Waals surface area (Å²) in [5.41, 5.74) is 11.1. The fourth-order valence-corrected chi connectivity index (χ4v) is 7.15. The number of aromatic nitrogens is 1. The van der Waals surface area contributed by atoms with Gasteiger partial charge in [0.15, 0.2) is 0 Å². The highest BCUT2D eigenvalue weighted by Gasteiger charge is 2.39.